The minimum atomic E-state index is -0.478. The van der Waals surface area contributed by atoms with E-state index in [1.165, 1.54) is 0 Å². The summed E-state index contributed by atoms with van der Waals surface area (Å²) in [5.41, 5.74) is 3.00. The number of para-hydroxylation sites is 1. The summed E-state index contributed by atoms with van der Waals surface area (Å²) in [5.74, 6) is -0.478. The Morgan fingerprint density at radius 1 is 1.05 bits per heavy atom. The predicted molar refractivity (Wildman–Crippen MR) is 83.9 cm³/mol. The van der Waals surface area contributed by atoms with E-state index >= 15 is 0 Å². The van der Waals surface area contributed by atoms with Crippen molar-refractivity contribution in [2.75, 3.05) is 5.43 Å². The standard InChI is InChI=1S/C15H9Cl2N3O/c16-11-7-4-8-12(17)14(11)20-19-13(9-18)15(21)10-5-2-1-3-6-10/h1-8,20H/b19-13+. The van der Waals surface area contributed by atoms with Gasteiger partial charge < -0.3 is 0 Å². The van der Waals surface area contributed by atoms with Gasteiger partial charge in [-0.3, -0.25) is 10.2 Å². The van der Waals surface area contributed by atoms with Crippen LogP contribution in [-0.2, 0) is 0 Å². The topological polar surface area (TPSA) is 65.2 Å². The molecule has 0 radical (unpaired) electrons. The average Bonchev–Trinajstić information content (AvgIpc) is 2.51. The number of carbonyl (C=O) groups is 1. The van der Waals surface area contributed by atoms with Gasteiger partial charge in [0.15, 0.2) is 0 Å². The van der Waals surface area contributed by atoms with E-state index in [1.54, 1.807) is 54.6 Å². The number of ketones is 1. The fraction of sp³-hybridized carbons (Fsp3) is 0. The monoisotopic (exact) mass is 317 g/mol. The largest absolute Gasteiger partial charge is 0.286 e. The SMILES string of the molecule is N#C/C(=N\Nc1c(Cl)cccc1Cl)C(=O)c1ccccc1. The summed E-state index contributed by atoms with van der Waals surface area (Å²) in [6, 6.07) is 15.1. The smallest absolute Gasteiger partial charge is 0.223 e. The molecule has 0 spiro atoms. The number of nitrogens with one attached hydrogen (secondary N) is 1. The molecule has 0 heterocycles. The van der Waals surface area contributed by atoms with Crippen LogP contribution in [0.3, 0.4) is 0 Å². The van der Waals surface area contributed by atoms with Crippen LogP contribution in [0.4, 0.5) is 5.69 Å². The summed E-state index contributed by atoms with van der Waals surface area (Å²) in [7, 11) is 0. The van der Waals surface area contributed by atoms with E-state index in [1.807, 2.05) is 0 Å². The van der Waals surface area contributed by atoms with Crippen molar-refractivity contribution in [3.63, 3.8) is 0 Å². The van der Waals surface area contributed by atoms with E-state index in [2.05, 4.69) is 10.5 Å². The minimum absolute atomic E-state index is 0.280. The van der Waals surface area contributed by atoms with Gasteiger partial charge in [0, 0.05) is 5.56 Å². The highest BCUT2D eigenvalue weighted by Crippen LogP contribution is 2.29. The highest BCUT2D eigenvalue weighted by Gasteiger charge is 2.14. The molecule has 2 aromatic carbocycles. The van der Waals surface area contributed by atoms with E-state index < -0.39 is 5.78 Å². The fourth-order valence-electron chi connectivity index (χ4n) is 1.57. The molecule has 2 rings (SSSR count). The zero-order valence-corrected chi connectivity index (χ0v) is 12.2. The van der Waals surface area contributed by atoms with Crippen molar-refractivity contribution in [2.24, 2.45) is 5.10 Å². The summed E-state index contributed by atoms with van der Waals surface area (Å²) in [5, 5.41) is 13.6. The van der Waals surface area contributed by atoms with Crippen molar-refractivity contribution in [1.29, 1.82) is 5.26 Å². The van der Waals surface area contributed by atoms with Crippen LogP contribution < -0.4 is 5.43 Å². The van der Waals surface area contributed by atoms with Gasteiger partial charge in [0.25, 0.3) is 0 Å². The van der Waals surface area contributed by atoms with Crippen LogP contribution in [-0.4, -0.2) is 11.5 Å². The predicted octanol–water partition coefficient (Wildman–Crippen LogP) is 4.17. The van der Waals surface area contributed by atoms with Crippen LogP contribution in [0.15, 0.2) is 53.6 Å². The number of hydrazone groups is 1. The van der Waals surface area contributed by atoms with Gasteiger partial charge in [-0.1, -0.05) is 59.6 Å². The van der Waals surface area contributed by atoms with Gasteiger partial charge in [-0.15, -0.1) is 0 Å². The summed E-state index contributed by atoms with van der Waals surface area (Å²) < 4.78 is 0. The summed E-state index contributed by atoms with van der Waals surface area (Å²) in [4.78, 5) is 12.1. The maximum Gasteiger partial charge on any atom is 0.223 e. The lowest BCUT2D eigenvalue weighted by Crippen LogP contribution is -2.14. The second kappa shape index (κ2) is 6.89. The molecule has 0 aliphatic carbocycles. The normalized spacial score (nSPS) is 10.8. The summed E-state index contributed by atoms with van der Waals surface area (Å²) in [6.45, 7) is 0. The first-order valence-corrected chi connectivity index (χ1v) is 6.66. The van der Waals surface area contributed by atoms with E-state index in [-0.39, 0.29) is 5.71 Å². The number of hydrogen-bond donors (Lipinski definition) is 1. The van der Waals surface area contributed by atoms with Crippen LogP contribution in [0.25, 0.3) is 0 Å². The Balaban J connectivity index is 2.27. The van der Waals surface area contributed by atoms with E-state index in [9.17, 15) is 4.79 Å². The highest BCUT2D eigenvalue weighted by atomic mass is 35.5. The Morgan fingerprint density at radius 3 is 2.24 bits per heavy atom. The molecule has 0 bridgehead atoms. The molecule has 0 aliphatic rings. The molecule has 0 unspecified atom stereocenters. The van der Waals surface area contributed by atoms with Gasteiger partial charge >= 0.3 is 0 Å². The Hall–Kier alpha value is -2.35. The number of Topliss-reactive ketones (excluding diaryl/α,β-unsaturated/α-hetero) is 1. The molecule has 0 saturated carbocycles. The van der Waals surface area contributed by atoms with Crippen LogP contribution in [0, 0.1) is 11.3 Å². The van der Waals surface area contributed by atoms with Gasteiger partial charge in [0.05, 0.1) is 15.7 Å². The zero-order chi connectivity index (χ0) is 15.2. The maximum absolute atomic E-state index is 12.1. The third-order valence-corrected chi connectivity index (χ3v) is 3.23. The van der Waals surface area contributed by atoms with Gasteiger partial charge in [-0.05, 0) is 12.1 Å². The molecule has 0 atom stereocenters. The minimum Gasteiger partial charge on any atom is -0.286 e. The third-order valence-electron chi connectivity index (χ3n) is 2.60. The first kappa shape index (κ1) is 15.0. The molecule has 0 aliphatic heterocycles. The number of halogens is 2. The van der Waals surface area contributed by atoms with Crippen molar-refractivity contribution in [3.05, 3.63) is 64.1 Å². The van der Waals surface area contributed by atoms with Crippen LogP contribution in [0.2, 0.25) is 10.0 Å². The quantitative estimate of drug-likeness (QED) is 0.523. The number of carbonyl (C=O) groups excluding carboxylic acids is 1. The molecule has 104 valence electrons. The van der Waals surface area contributed by atoms with Gasteiger partial charge in [-0.2, -0.15) is 10.4 Å². The summed E-state index contributed by atoms with van der Waals surface area (Å²) in [6.07, 6.45) is 0. The first-order chi connectivity index (χ1) is 10.1. The second-order valence-corrected chi connectivity index (χ2v) is 4.79. The van der Waals surface area contributed by atoms with Crippen molar-refractivity contribution in [2.45, 2.75) is 0 Å². The molecule has 21 heavy (non-hydrogen) atoms. The summed E-state index contributed by atoms with van der Waals surface area (Å²) >= 11 is 11.9. The number of nitrogens with zero attached hydrogens (tertiary/aromatic N) is 2. The molecule has 0 fully saturated rings. The van der Waals surface area contributed by atoms with E-state index in [0.717, 1.165) is 0 Å². The van der Waals surface area contributed by atoms with Crippen LogP contribution in [0.5, 0.6) is 0 Å². The Kier molecular flexibility index (Phi) is 4.94. The lowest BCUT2D eigenvalue weighted by Gasteiger charge is -2.06. The number of nitriles is 1. The first-order valence-electron chi connectivity index (χ1n) is 5.91. The molecule has 4 nitrogen and oxygen atoms in total. The Morgan fingerprint density at radius 2 is 1.67 bits per heavy atom. The van der Waals surface area contributed by atoms with Crippen LogP contribution in [0.1, 0.15) is 10.4 Å². The van der Waals surface area contributed by atoms with Crippen molar-refractivity contribution in [1.82, 2.24) is 0 Å². The van der Waals surface area contributed by atoms with Crippen molar-refractivity contribution >= 4 is 40.4 Å². The van der Waals surface area contributed by atoms with E-state index in [0.29, 0.717) is 21.3 Å². The molecule has 2 aromatic rings. The number of benzene rings is 2. The van der Waals surface area contributed by atoms with Crippen molar-refractivity contribution in [3.8, 4) is 6.07 Å². The van der Waals surface area contributed by atoms with Gasteiger partial charge in [0.1, 0.15) is 6.07 Å². The van der Waals surface area contributed by atoms with Crippen LogP contribution >= 0.6 is 23.2 Å². The zero-order valence-electron chi connectivity index (χ0n) is 10.7. The number of rotatable bonds is 4. The molecule has 1 N–H and O–H groups in total. The number of hydrogen-bond acceptors (Lipinski definition) is 4. The van der Waals surface area contributed by atoms with E-state index in [4.69, 9.17) is 28.5 Å². The highest BCUT2D eigenvalue weighted by molar-refractivity contribution is 6.51. The average molecular weight is 318 g/mol. The molecule has 0 aromatic heterocycles. The van der Waals surface area contributed by atoms with Gasteiger partial charge in [0.2, 0.25) is 11.5 Å². The molecular formula is C15H9Cl2N3O. The fourth-order valence-corrected chi connectivity index (χ4v) is 2.05. The lowest BCUT2D eigenvalue weighted by molar-refractivity contribution is 0.106. The Labute approximate surface area is 131 Å². The molecule has 6 heteroatoms. The molecule has 0 saturated heterocycles. The third kappa shape index (κ3) is 3.60. The maximum atomic E-state index is 12.1. The lowest BCUT2D eigenvalue weighted by atomic mass is 10.1. The Bertz CT molecular complexity index is 716. The van der Waals surface area contributed by atoms with Crippen molar-refractivity contribution < 1.29 is 4.79 Å². The number of anilines is 1. The van der Waals surface area contributed by atoms with Gasteiger partial charge in [-0.25, -0.2) is 0 Å². The second-order valence-electron chi connectivity index (χ2n) is 3.98. The molecule has 0 amide bonds. The molecular weight excluding hydrogens is 309 g/mol.